The zero-order valence-corrected chi connectivity index (χ0v) is 17.1. The lowest BCUT2D eigenvalue weighted by Crippen LogP contribution is -2.03. The monoisotopic (exact) mass is 468 g/mol. The van der Waals surface area contributed by atoms with Crippen LogP contribution in [-0.4, -0.2) is 10.9 Å². The third-order valence-corrected chi connectivity index (χ3v) is 6.06. The number of nitrogens with one attached hydrogen (secondary N) is 1. The number of benzene rings is 2. The minimum Gasteiger partial charge on any atom is -0.321 e. The van der Waals surface area contributed by atoms with Crippen LogP contribution in [0.3, 0.4) is 0 Å². The highest BCUT2D eigenvalue weighted by molar-refractivity contribution is 9.11. The van der Waals surface area contributed by atoms with Gasteiger partial charge in [-0.2, -0.15) is 0 Å². The topological polar surface area (TPSA) is 42.0 Å². The number of hydrogen-bond acceptors (Lipinski definition) is 2. The molecule has 3 aromatic rings. The first kappa shape index (κ1) is 17.2. The van der Waals surface area contributed by atoms with Crippen LogP contribution in [0.1, 0.15) is 16.7 Å². The summed E-state index contributed by atoms with van der Waals surface area (Å²) in [5.74, 6) is -0.0869. The average molecular weight is 470 g/mol. The summed E-state index contributed by atoms with van der Waals surface area (Å²) in [6, 6.07) is 13.9. The van der Waals surface area contributed by atoms with Crippen LogP contribution >= 0.6 is 31.9 Å². The lowest BCUT2D eigenvalue weighted by molar-refractivity contribution is -0.110. The van der Waals surface area contributed by atoms with Crippen molar-refractivity contribution in [2.75, 3.05) is 5.32 Å². The number of amides is 1. The predicted octanol–water partition coefficient (Wildman–Crippen LogP) is 6.07. The SMILES string of the molecule is Cc1c(Br)cc(/C=C2\C(=O)Nc3ccc(-c4cccnc4)cc32)cc1Br. The zero-order valence-electron chi connectivity index (χ0n) is 13.9. The molecule has 1 amide bonds. The predicted molar refractivity (Wildman–Crippen MR) is 113 cm³/mol. The van der Waals surface area contributed by atoms with Crippen molar-refractivity contribution >= 4 is 55.1 Å². The number of aromatic nitrogens is 1. The largest absolute Gasteiger partial charge is 0.321 e. The Balaban J connectivity index is 1.82. The van der Waals surface area contributed by atoms with E-state index < -0.39 is 0 Å². The second-order valence-corrected chi connectivity index (χ2v) is 7.83. The van der Waals surface area contributed by atoms with E-state index in [9.17, 15) is 4.79 Å². The highest BCUT2D eigenvalue weighted by atomic mass is 79.9. The van der Waals surface area contributed by atoms with Crippen LogP contribution < -0.4 is 5.32 Å². The molecular weight excluding hydrogens is 456 g/mol. The third kappa shape index (κ3) is 3.13. The van der Waals surface area contributed by atoms with Crippen molar-refractivity contribution in [1.82, 2.24) is 4.98 Å². The first-order chi connectivity index (χ1) is 12.5. The molecule has 1 N–H and O–H groups in total. The van der Waals surface area contributed by atoms with Crippen molar-refractivity contribution < 1.29 is 4.79 Å². The van der Waals surface area contributed by atoms with Gasteiger partial charge in [-0.25, -0.2) is 0 Å². The van der Waals surface area contributed by atoms with Crippen LogP contribution in [0, 0.1) is 6.92 Å². The zero-order chi connectivity index (χ0) is 18.3. The summed E-state index contributed by atoms with van der Waals surface area (Å²) in [5, 5.41) is 2.94. The van der Waals surface area contributed by atoms with Gasteiger partial charge in [0.25, 0.3) is 5.91 Å². The molecule has 1 aliphatic heterocycles. The highest BCUT2D eigenvalue weighted by Gasteiger charge is 2.24. The molecular formula is C21H14Br2N2O. The van der Waals surface area contributed by atoms with Crippen LogP contribution in [-0.2, 0) is 4.79 Å². The summed E-state index contributed by atoms with van der Waals surface area (Å²) in [6.07, 6.45) is 5.49. The van der Waals surface area contributed by atoms with E-state index in [0.717, 1.165) is 42.5 Å². The molecule has 0 aliphatic carbocycles. The normalized spacial score (nSPS) is 14.4. The minimum atomic E-state index is -0.0869. The van der Waals surface area contributed by atoms with Gasteiger partial charge < -0.3 is 5.32 Å². The molecule has 128 valence electrons. The molecule has 0 saturated heterocycles. The molecule has 2 aromatic carbocycles. The summed E-state index contributed by atoms with van der Waals surface area (Å²) in [7, 11) is 0. The molecule has 0 atom stereocenters. The van der Waals surface area contributed by atoms with Crippen molar-refractivity contribution in [2.45, 2.75) is 6.92 Å². The Hall–Kier alpha value is -2.24. The Morgan fingerprint density at radius 1 is 1.04 bits per heavy atom. The van der Waals surface area contributed by atoms with Gasteiger partial charge in [-0.05, 0) is 60.0 Å². The molecule has 3 nitrogen and oxygen atoms in total. The van der Waals surface area contributed by atoms with Gasteiger partial charge in [-0.1, -0.05) is 44.0 Å². The number of halogens is 2. The molecule has 26 heavy (non-hydrogen) atoms. The lowest BCUT2D eigenvalue weighted by Gasteiger charge is -2.06. The van der Waals surface area contributed by atoms with Gasteiger partial charge in [0.1, 0.15) is 0 Å². The van der Waals surface area contributed by atoms with Gasteiger partial charge in [0.15, 0.2) is 0 Å². The van der Waals surface area contributed by atoms with Gasteiger partial charge in [0, 0.05) is 43.7 Å². The molecule has 0 radical (unpaired) electrons. The standard InChI is InChI=1S/C21H14Br2N2O/c1-12-18(22)8-13(9-19(12)23)7-17-16-10-14(15-3-2-6-24-11-15)4-5-20(16)25-21(17)26/h2-11H,1H3,(H,25,26)/b17-7-. The molecule has 4 rings (SSSR count). The molecule has 5 heteroatoms. The van der Waals surface area contributed by atoms with E-state index >= 15 is 0 Å². The Bertz CT molecular complexity index is 1040. The smallest absolute Gasteiger partial charge is 0.256 e. The minimum absolute atomic E-state index is 0.0869. The van der Waals surface area contributed by atoms with E-state index in [1.807, 2.05) is 61.7 Å². The maximum atomic E-state index is 12.5. The van der Waals surface area contributed by atoms with E-state index in [2.05, 4.69) is 42.2 Å². The number of fused-ring (bicyclic) bond motifs is 1. The Morgan fingerprint density at radius 2 is 1.81 bits per heavy atom. The Labute approximate surface area is 168 Å². The number of pyridine rings is 1. The number of carbonyl (C=O) groups excluding carboxylic acids is 1. The van der Waals surface area contributed by atoms with Crippen LogP contribution in [0.15, 0.2) is 63.8 Å². The number of anilines is 1. The van der Waals surface area contributed by atoms with Crippen molar-refractivity contribution in [2.24, 2.45) is 0 Å². The molecule has 1 aliphatic rings. The summed E-state index contributed by atoms with van der Waals surface area (Å²) >= 11 is 7.14. The Morgan fingerprint density at radius 3 is 2.50 bits per heavy atom. The maximum Gasteiger partial charge on any atom is 0.256 e. The fourth-order valence-electron chi connectivity index (χ4n) is 2.96. The van der Waals surface area contributed by atoms with Gasteiger partial charge in [-0.3, -0.25) is 9.78 Å². The number of rotatable bonds is 2. The molecule has 1 aromatic heterocycles. The first-order valence-corrected chi connectivity index (χ1v) is 9.65. The van der Waals surface area contributed by atoms with Crippen molar-refractivity contribution in [3.05, 3.63) is 80.5 Å². The second kappa shape index (κ2) is 6.82. The molecule has 0 unspecified atom stereocenters. The second-order valence-electron chi connectivity index (χ2n) is 6.12. The highest BCUT2D eigenvalue weighted by Crippen LogP contribution is 2.37. The summed E-state index contributed by atoms with van der Waals surface area (Å²) in [5.41, 5.74) is 6.54. The van der Waals surface area contributed by atoms with E-state index in [-0.39, 0.29) is 5.91 Å². The molecule has 2 heterocycles. The van der Waals surface area contributed by atoms with Crippen molar-refractivity contribution in [3.8, 4) is 11.1 Å². The van der Waals surface area contributed by atoms with E-state index in [1.54, 1.807) is 6.20 Å². The van der Waals surface area contributed by atoms with Gasteiger partial charge in [-0.15, -0.1) is 0 Å². The van der Waals surface area contributed by atoms with Gasteiger partial charge in [0.05, 0.1) is 0 Å². The van der Waals surface area contributed by atoms with Crippen LogP contribution in [0.25, 0.3) is 22.8 Å². The fourth-order valence-corrected chi connectivity index (χ4v) is 4.18. The van der Waals surface area contributed by atoms with E-state index in [0.29, 0.717) is 5.57 Å². The number of nitrogens with zero attached hydrogens (tertiary/aromatic N) is 1. The maximum absolute atomic E-state index is 12.5. The summed E-state index contributed by atoms with van der Waals surface area (Å²) in [6.45, 7) is 2.03. The van der Waals surface area contributed by atoms with E-state index in [4.69, 9.17) is 0 Å². The quantitative estimate of drug-likeness (QED) is 0.462. The van der Waals surface area contributed by atoms with Crippen molar-refractivity contribution in [1.29, 1.82) is 0 Å². The van der Waals surface area contributed by atoms with Crippen LogP contribution in [0.4, 0.5) is 5.69 Å². The molecule has 0 saturated carbocycles. The summed E-state index contributed by atoms with van der Waals surface area (Å²) < 4.78 is 2.00. The lowest BCUT2D eigenvalue weighted by atomic mass is 9.99. The Kier molecular flexibility index (Phi) is 4.51. The first-order valence-electron chi connectivity index (χ1n) is 8.06. The molecule has 0 bridgehead atoms. The molecule has 0 spiro atoms. The van der Waals surface area contributed by atoms with Crippen molar-refractivity contribution in [3.63, 3.8) is 0 Å². The van der Waals surface area contributed by atoms with E-state index in [1.165, 1.54) is 0 Å². The molecule has 0 fully saturated rings. The number of hydrogen-bond donors (Lipinski definition) is 1. The van der Waals surface area contributed by atoms with Crippen LogP contribution in [0.5, 0.6) is 0 Å². The van der Waals surface area contributed by atoms with Crippen LogP contribution in [0.2, 0.25) is 0 Å². The number of carbonyl (C=O) groups is 1. The summed E-state index contributed by atoms with van der Waals surface area (Å²) in [4.78, 5) is 16.7. The third-order valence-electron chi connectivity index (χ3n) is 4.41. The average Bonchev–Trinajstić information content (AvgIpc) is 2.95. The fraction of sp³-hybridized carbons (Fsp3) is 0.0476. The van der Waals surface area contributed by atoms with Gasteiger partial charge >= 0.3 is 0 Å². The van der Waals surface area contributed by atoms with Gasteiger partial charge in [0.2, 0.25) is 0 Å².